The molecule has 0 saturated carbocycles. The van der Waals surface area contributed by atoms with E-state index in [1.54, 1.807) is 12.1 Å². The maximum atomic E-state index is 10.8. The zero-order chi connectivity index (χ0) is 18.8. The molecule has 5 atom stereocenters. The van der Waals surface area contributed by atoms with Crippen molar-refractivity contribution in [1.29, 1.82) is 0 Å². The van der Waals surface area contributed by atoms with Gasteiger partial charge in [0.15, 0.2) is 0 Å². The Morgan fingerprint density at radius 1 is 1.19 bits per heavy atom. The van der Waals surface area contributed by atoms with E-state index in [9.17, 15) is 25.2 Å². The lowest BCUT2D eigenvalue weighted by Crippen LogP contribution is -2.60. The van der Waals surface area contributed by atoms with Crippen molar-refractivity contribution in [2.24, 2.45) is 0 Å². The zero-order valence-electron chi connectivity index (χ0n) is 13.4. The Morgan fingerprint density at radius 2 is 1.96 bits per heavy atom. The number of benzene rings is 1. The molecule has 9 nitrogen and oxygen atoms in total. The minimum Gasteiger partial charge on any atom is -0.478 e. The summed E-state index contributed by atoms with van der Waals surface area (Å²) < 4.78 is 16.2. The summed E-state index contributed by atoms with van der Waals surface area (Å²) in [7, 11) is 0. The molecule has 3 rings (SSSR count). The number of fused-ring (bicyclic) bond motifs is 1. The van der Waals surface area contributed by atoms with Crippen molar-refractivity contribution in [3.05, 3.63) is 36.1 Å². The highest BCUT2D eigenvalue weighted by Gasteiger charge is 2.44. The molecule has 1 aliphatic rings. The van der Waals surface area contributed by atoms with Crippen LogP contribution in [0.2, 0.25) is 0 Å². The summed E-state index contributed by atoms with van der Waals surface area (Å²) in [5, 5.41) is 48.5. The summed E-state index contributed by atoms with van der Waals surface area (Å²) in [5.41, 5.74) is 0.829. The lowest BCUT2D eigenvalue weighted by molar-refractivity contribution is -0.277. The number of rotatable bonds is 5. The molecule has 5 N–H and O–H groups in total. The molecular weight excluding hydrogens is 348 g/mol. The van der Waals surface area contributed by atoms with Gasteiger partial charge in [0.25, 0.3) is 0 Å². The van der Waals surface area contributed by atoms with E-state index in [1.807, 2.05) is 0 Å². The molecule has 26 heavy (non-hydrogen) atoms. The van der Waals surface area contributed by atoms with E-state index in [0.717, 1.165) is 6.08 Å². The molecule has 1 aliphatic heterocycles. The summed E-state index contributed by atoms with van der Waals surface area (Å²) in [6.07, 6.45) is -3.53. The van der Waals surface area contributed by atoms with E-state index in [2.05, 4.69) is 0 Å². The second-order valence-corrected chi connectivity index (χ2v) is 5.84. The maximum absolute atomic E-state index is 10.8. The van der Waals surface area contributed by atoms with E-state index in [-0.39, 0.29) is 5.75 Å². The SMILES string of the molecule is O=C(O)C=Cc1cc2ccoc2cc1O[C@@H]1O[C@H](CO)[C@@H](O)[C@H](O)[C@H]1O. The number of carbonyl (C=O) groups is 1. The molecule has 0 aliphatic carbocycles. The normalized spacial score (nSPS) is 29.3. The van der Waals surface area contributed by atoms with Crippen LogP contribution in [-0.4, -0.2) is 68.8 Å². The van der Waals surface area contributed by atoms with E-state index >= 15 is 0 Å². The van der Waals surface area contributed by atoms with E-state index in [0.29, 0.717) is 16.5 Å². The van der Waals surface area contributed by atoms with Gasteiger partial charge < -0.3 is 39.4 Å². The molecule has 2 heterocycles. The molecule has 1 saturated heterocycles. The molecule has 0 unspecified atom stereocenters. The Labute approximate surface area is 147 Å². The van der Waals surface area contributed by atoms with Gasteiger partial charge in [0.2, 0.25) is 6.29 Å². The number of hydrogen-bond donors (Lipinski definition) is 5. The molecule has 0 bridgehead atoms. The lowest BCUT2D eigenvalue weighted by atomic mass is 9.99. The highest BCUT2D eigenvalue weighted by molar-refractivity contribution is 5.89. The highest BCUT2D eigenvalue weighted by atomic mass is 16.7. The van der Waals surface area contributed by atoms with Gasteiger partial charge in [0.05, 0.1) is 12.9 Å². The summed E-state index contributed by atoms with van der Waals surface area (Å²) >= 11 is 0. The number of aliphatic hydroxyl groups excluding tert-OH is 4. The number of carboxylic acid groups (broad SMARTS) is 1. The minimum absolute atomic E-state index is 0.134. The van der Waals surface area contributed by atoms with Crippen molar-refractivity contribution in [2.45, 2.75) is 30.7 Å². The van der Waals surface area contributed by atoms with Crippen LogP contribution in [0.15, 0.2) is 35.0 Å². The predicted octanol–water partition coefficient (Wildman–Crippen LogP) is -0.291. The van der Waals surface area contributed by atoms with E-state index < -0.39 is 43.3 Å². The van der Waals surface area contributed by atoms with Crippen LogP contribution in [0.4, 0.5) is 0 Å². The van der Waals surface area contributed by atoms with Crippen LogP contribution in [0, 0.1) is 0 Å². The summed E-state index contributed by atoms with van der Waals surface area (Å²) in [6, 6.07) is 4.79. The van der Waals surface area contributed by atoms with E-state index in [1.165, 1.54) is 18.4 Å². The fraction of sp³-hybridized carbons (Fsp3) is 0.353. The first-order chi connectivity index (χ1) is 12.4. The smallest absolute Gasteiger partial charge is 0.328 e. The number of ether oxygens (including phenoxy) is 2. The lowest BCUT2D eigenvalue weighted by Gasteiger charge is -2.39. The van der Waals surface area contributed by atoms with Crippen molar-refractivity contribution < 1.29 is 44.2 Å². The van der Waals surface area contributed by atoms with Crippen LogP contribution in [0.1, 0.15) is 5.56 Å². The Morgan fingerprint density at radius 3 is 2.65 bits per heavy atom. The van der Waals surface area contributed by atoms with Gasteiger partial charge in [-0.15, -0.1) is 0 Å². The van der Waals surface area contributed by atoms with Crippen LogP contribution in [0.25, 0.3) is 17.0 Å². The molecule has 1 aromatic carbocycles. The van der Waals surface area contributed by atoms with Gasteiger partial charge >= 0.3 is 5.97 Å². The number of aliphatic carboxylic acids is 1. The van der Waals surface area contributed by atoms with Gasteiger partial charge in [-0.2, -0.15) is 0 Å². The predicted molar refractivity (Wildman–Crippen MR) is 87.3 cm³/mol. The maximum Gasteiger partial charge on any atom is 0.328 e. The zero-order valence-corrected chi connectivity index (χ0v) is 13.4. The molecule has 0 radical (unpaired) electrons. The largest absolute Gasteiger partial charge is 0.478 e. The first-order valence-corrected chi connectivity index (χ1v) is 7.80. The first-order valence-electron chi connectivity index (χ1n) is 7.80. The Hall–Kier alpha value is -2.43. The minimum atomic E-state index is -1.59. The Bertz CT molecular complexity index is 810. The molecular formula is C17H18O9. The topological polar surface area (TPSA) is 150 Å². The molecule has 140 valence electrons. The van der Waals surface area contributed by atoms with Gasteiger partial charge in [0.1, 0.15) is 35.7 Å². The Kier molecular flexibility index (Phi) is 5.25. The molecule has 1 fully saturated rings. The van der Waals surface area contributed by atoms with Gasteiger partial charge in [0, 0.05) is 23.1 Å². The van der Waals surface area contributed by atoms with E-state index in [4.69, 9.17) is 19.0 Å². The molecule has 9 heteroatoms. The highest BCUT2D eigenvalue weighted by Crippen LogP contribution is 2.31. The number of furan rings is 1. The molecule has 0 spiro atoms. The quantitative estimate of drug-likeness (QED) is 0.450. The van der Waals surface area contributed by atoms with Gasteiger partial charge in [-0.3, -0.25) is 0 Å². The molecule has 0 amide bonds. The summed E-state index contributed by atoms with van der Waals surface area (Å²) in [4.78, 5) is 10.8. The van der Waals surface area contributed by atoms with Crippen LogP contribution < -0.4 is 4.74 Å². The van der Waals surface area contributed by atoms with Crippen LogP contribution in [0.3, 0.4) is 0 Å². The third kappa shape index (κ3) is 3.57. The number of aliphatic hydroxyl groups is 4. The monoisotopic (exact) mass is 366 g/mol. The van der Waals surface area contributed by atoms with Gasteiger partial charge in [-0.1, -0.05) is 0 Å². The third-order valence-corrected chi connectivity index (χ3v) is 4.08. The summed E-state index contributed by atoms with van der Waals surface area (Å²) in [5.74, 6) is -1.02. The first kappa shape index (κ1) is 18.4. The average Bonchev–Trinajstić information content (AvgIpc) is 3.07. The average molecular weight is 366 g/mol. The Balaban J connectivity index is 1.93. The van der Waals surface area contributed by atoms with Gasteiger partial charge in [-0.05, 0) is 18.2 Å². The fourth-order valence-corrected chi connectivity index (χ4v) is 2.69. The molecule has 1 aromatic heterocycles. The third-order valence-electron chi connectivity index (χ3n) is 4.08. The van der Waals surface area contributed by atoms with Crippen molar-refractivity contribution in [3.8, 4) is 5.75 Å². The molecule has 2 aromatic rings. The fourth-order valence-electron chi connectivity index (χ4n) is 2.69. The van der Waals surface area contributed by atoms with Crippen LogP contribution in [0.5, 0.6) is 5.75 Å². The van der Waals surface area contributed by atoms with Crippen molar-refractivity contribution in [3.63, 3.8) is 0 Å². The van der Waals surface area contributed by atoms with Crippen molar-refractivity contribution in [2.75, 3.05) is 6.61 Å². The van der Waals surface area contributed by atoms with Gasteiger partial charge in [-0.25, -0.2) is 4.79 Å². The van der Waals surface area contributed by atoms with Crippen molar-refractivity contribution in [1.82, 2.24) is 0 Å². The standard InChI is InChI=1S/C17H18O9/c18-7-12-14(21)15(22)16(23)17(26-12)25-11-6-10-9(3-4-24-10)5-8(11)1-2-13(19)20/h1-6,12,14-18,21-23H,7H2,(H,19,20)/t12-,14-,15+,16-,17-/m1/s1. The number of hydrogen-bond acceptors (Lipinski definition) is 8. The van der Waals surface area contributed by atoms with Crippen molar-refractivity contribution >= 4 is 23.0 Å². The van der Waals surface area contributed by atoms with Crippen LogP contribution in [-0.2, 0) is 9.53 Å². The number of carboxylic acids is 1. The second kappa shape index (κ2) is 7.44. The summed E-state index contributed by atoms with van der Waals surface area (Å²) in [6.45, 7) is -0.589. The second-order valence-electron chi connectivity index (χ2n) is 5.84. The van der Waals surface area contributed by atoms with Crippen LogP contribution >= 0.6 is 0 Å².